The number of aromatic nitrogens is 3. The molecule has 3 N–H and O–H groups in total. The predicted octanol–water partition coefficient (Wildman–Crippen LogP) is 1.08. The Balaban J connectivity index is 2.17. The normalized spacial score (nSPS) is 10.3. The number of hydrogen-bond acceptors (Lipinski definition) is 5. The number of nitrogen functional groups attached to an aromatic ring is 1. The van der Waals surface area contributed by atoms with Crippen molar-refractivity contribution in [1.82, 2.24) is 14.8 Å². The van der Waals surface area contributed by atoms with Gasteiger partial charge in [0.25, 0.3) is 0 Å². The Morgan fingerprint density at radius 2 is 2.15 bits per heavy atom. The molecule has 0 radical (unpaired) electrons. The zero-order valence-corrected chi connectivity index (χ0v) is 11.5. The molecule has 7 heteroatoms. The minimum Gasteiger partial charge on any atom is -0.490 e. The molecule has 0 fully saturated rings. The summed E-state index contributed by atoms with van der Waals surface area (Å²) >= 11 is 0. The van der Waals surface area contributed by atoms with Gasteiger partial charge in [-0.3, -0.25) is 10.1 Å². The fourth-order valence-corrected chi connectivity index (χ4v) is 1.66. The Hall–Kier alpha value is -2.57. The molecule has 0 atom stereocenters. The maximum absolute atomic E-state index is 7.44. The van der Waals surface area contributed by atoms with Crippen molar-refractivity contribution in [1.29, 1.82) is 5.41 Å². The van der Waals surface area contributed by atoms with Gasteiger partial charge in [0.2, 0.25) is 0 Å². The fourth-order valence-electron chi connectivity index (χ4n) is 1.66. The molecular formula is C13H17N5O2. The van der Waals surface area contributed by atoms with Crippen LogP contribution in [0, 0.1) is 5.41 Å². The van der Waals surface area contributed by atoms with Crippen LogP contribution in [0.4, 0.5) is 0 Å². The van der Waals surface area contributed by atoms with Gasteiger partial charge in [-0.25, -0.2) is 4.98 Å². The van der Waals surface area contributed by atoms with E-state index in [0.29, 0.717) is 29.5 Å². The largest absolute Gasteiger partial charge is 0.490 e. The monoisotopic (exact) mass is 275 g/mol. The molecule has 0 amide bonds. The van der Waals surface area contributed by atoms with Gasteiger partial charge in [-0.1, -0.05) is 0 Å². The lowest BCUT2D eigenvalue weighted by atomic mass is 10.2. The topological polar surface area (TPSA) is 99.0 Å². The molecule has 0 aliphatic carbocycles. The smallest absolute Gasteiger partial charge is 0.164 e. The van der Waals surface area contributed by atoms with E-state index in [4.69, 9.17) is 20.6 Å². The van der Waals surface area contributed by atoms with Crippen molar-refractivity contribution in [2.45, 2.75) is 13.5 Å². The van der Waals surface area contributed by atoms with Gasteiger partial charge in [0.1, 0.15) is 18.8 Å². The van der Waals surface area contributed by atoms with Gasteiger partial charge in [0, 0.05) is 12.6 Å². The van der Waals surface area contributed by atoms with Crippen LogP contribution in [-0.2, 0) is 13.7 Å². The van der Waals surface area contributed by atoms with Crippen LogP contribution in [0.3, 0.4) is 0 Å². The summed E-state index contributed by atoms with van der Waals surface area (Å²) in [6, 6.07) is 5.15. The Labute approximate surface area is 116 Å². The molecule has 7 nitrogen and oxygen atoms in total. The van der Waals surface area contributed by atoms with E-state index in [9.17, 15) is 0 Å². The Bertz CT molecular complexity index is 609. The highest BCUT2D eigenvalue weighted by Gasteiger charge is 2.09. The number of aryl methyl sites for hydroxylation is 1. The lowest BCUT2D eigenvalue weighted by Gasteiger charge is -2.12. The molecule has 0 aliphatic heterocycles. The van der Waals surface area contributed by atoms with Crippen LogP contribution in [0.25, 0.3) is 0 Å². The first kappa shape index (κ1) is 13.9. The quantitative estimate of drug-likeness (QED) is 0.607. The van der Waals surface area contributed by atoms with Crippen LogP contribution in [0.5, 0.6) is 11.5 Å². The summed E-state index contributed by atoms with van der Waals surface area (Å²) < 4.78 is 12.8. The summed E-state index contributed by atoms with van der Waals surface area (Å²) in [5.41, 5.74) is 6.06. The van der Waals surface area contributed by atoms with Crippen molar-refractivity contribution < 1.29 is 9.47 Å². The number of amidine groups is 1. The molecule has 106 valence electrons. The number of ether oxygens (including phenoxy) is 2. The molecular weight excluding hydrogens is 258 g/mol. The average molecular weight is 275 g/mol. The van der Waals surface area contributed by atoms with Crippen LogP contribution in [0.1, 0.15) is 18.3 Å². The van der Waals surface area contributed by atoms with E-state index in [1.54, 1.807) is 29.9 Å². The van der Waals surface area contributed by atoms with Gasteiger partial charge < -0.3 is 15.2 Å². The van der Waals surface area contributed by atoms with Gasteiger partial charge in [-0.05, 0) is 25.1 Å². The second-order valence-electron chi connectivity index (χ2n) is 4.10. The first-order chi connectivity index (χ1) is 9.61. The summed E-state index contributed by atoms with van der Waals surface area (Å²) in [6.45, 7) is 2.67. The molecule has 0 unspecified atom stereocenters. The van der Waals surface area contributed by atoms with Crippen molar-refractivity contribution in [2.24, 2.45) is 12.8 Å². The molecule has 1 heterocycles. The molecule has 0 spiro atoms. The highest BCUT2D eigenvalue weighted by Crippen LogP contribution is 2.29. The molecule has 0 aliphatic rings. The third-order valence-corrected chi connectivity index (χ3v) is 2.72. The van der Waals surface area contributed by atoms with Crippen LogP contribution in [0.2, 0.25) is 0 Å². The number of rotatable bonds is 6. The highest BCUT2D eigenvalue weighted by molar-refractivity contribution is 5.95. The van der Waals surface area contributed by atoms with E-state index in [1.807, 2.05) is 6.92 Å². The van der Waals surface area contributed by atoms with Crippen molar-refractivity contribution in [2.75, 3.05) is 6.61 Å². The second-order valence-corrected chi connectivity index (χ2v) is 4.10. The molecule has 20 heavy (non-hydrogen) atoms. The summed E-state index contributed by atoms with van der Waals surface area (Å²) in [5, 5.41) is 11.4. The van der Waals surface area contributed by atoms with Crippen molar-refractivity contribution in [3.8, 4) is 11.5 Å². The average Bonchev–Trinajstić information content (AvgIpc) is 2.83. The molecule has 2 rings (SSSR count). The van der Waals surface area contributed by atoms with E-state index in [2.05, 4.69) is 10.1 Å². The van der Waals surface area contributed by atoms with E-state index >= 15 is 0 Å². The summed E-state index contributed by atoms with van der Waals surface area (Å²) in [4.78, 5) is 4.08. The van der Waals surface area contributed by atoms with Gasteiger partial charge >= 0.3 is 0 Å². The Morgan fingerprint density at radius 1 is 1.35 bits per heavy atom. The zero-order valence-electron chi connectivity index (χ0n) is 11.5. The second kappa shape index (κ2) is 6.05. The van der Waals surface area contributed by atoms with Gasteiger partial charge in [0.15, 0.2) is 17.3 Å². The van der Waals surface area contributed by atoms with E-state index < -0.39 is 0 Å². The standard InChI is InChI=1S/C13H17N5O2/c1-3-19-11-6-9(13(14)15)4-5-10(11)20-7-12-16-8-17-18(12)2/h4-6,8H,3,7H2,1-2H3,(H3,14,15). The van der Waals surface area contributed by atoms with Gasteiger partial charge in [-0.2, -0.15) is 5.10 Å². The summed E-state index contributed by atoms with van der Waals surface area (Å²) in [5.74, 6) is 1.84. The van der Waals surface area contributed by atoms with Crippen LogP contribution < -0.4 is 15.2 Å². The third-order valence-electron chi connectivity index (χ3n) is 2.72. The first-order valence-corrected chi connectivity index (χ1v) is 6.18. The summed E-state index contributed by atoms with van der Waals surface area (Å²) in [7, 11) is 1.80. The molecule has 0 saturated heterocycles. The Morgan fingerprint density at radius 3 is 2.75 bits per heavy atom. The van der Waals surface area contributed by atoms with Crippen molar-refractivity contribution >= 4 is 5.84 Å². The number of nitrogens with zero attached hydrogens (tertiary/aromatic N) is 3. The minimum atomic E-state index is -0.00851. The van der Waals surface area contributed by atoms with Gasteiger partial charge in [0.05, 0.1) is 6.61 Å². The van der Waals surface area contributed by atoms with Crippen molar-refractivity contribution in [3.63, 3.8) is 0 Å². The lowest BCUT2D eigenvalue weighted by molar-refractivity contribution is 0.259. The van der Waals surface area contributed by atoms with Crippen LogP contribution >= 0.6 is 0 Å². The number of hydrogen-bond donors (Lipinski definition) is 2. The molecule has 1 aromatic carbocycles. The SMILES string of the molecule is CCOc1cc(C(=N)N)ccc1OCc1ncnn1C. The van der Waals surface area contributed by atoms with E-state index in [1.165, 1.54) is 6.33 Å². The maximum atomic E-state index is 7.44. The minimum absolute atomic E-state index is 0.00851. The van der Waals surface area contributed by atoms with Crippen molar-refractivity contribution in [3.05, 3.63) is 35.9 Å². The highest BCUT2D eigenvalue weighted by atomic mass is 16.5. The first-order valence-electron chi connectivity index (χ1n) is 6.18. The number of benzene rings is 1. The van der Waals surface area contributed by atoms with E-state index in [-0.39, 0.29) is 12.4 Å². The lowest BCUT2D eigenvalue weighted by Crippen LogP contribution is -2.11. The molecule has 0 saturated carbocycles. The summed E-state index contributed by atoms with van der Waals surface area (Å²) in [6.07, 6.45) is 1.47. The number of nitrogens with two attached hydrogens (primary N) is 1. The molecule has 2 aromatic rings. The van der Waals surface area contributed by atoms with Crippen LogP contribution in [-0.4, -0.2) is 27.2 Å². The molecule has 1 aromatic heterocycles. The fraction of sp³-hybridized carbons (Fsp3) is 0.308. The number of nitrogens with one attached hydrogen (secondary N) is 1. The van der Waals surface area contributed by atoms with Gasteiger partial charge in [-0.15, -0.1) is 0 Å². The Kier molecular flexibility index (Phi) is 4.19. The van der Waals surface area contributed by atoms with E-state index in [0.717, 1.165) is 0 Å². The van der Waals surface area contributed by atoms with Crippen LogP contribution in [0.15, 0.2) is 24.5 Å². The molecule has 0 bridgehead atoms. The zero-order chi connectivity index (χ0) is 14.5. The predicted molar refractivity (Wildman–Crippen MR) is 74.0 cm³/mol. The maximum Gasteiger partial charge on any atom is 0.164 e. The third kappa shape index (κ3) is 3.05.